The summed E-state index contributed by atoms with van der Waals surface area (Å²) in [5.74, 6) is 0.852. The summed E-state index contributed by atoms with van der Waals surface area (Å²) in [5, 5.41) is 0. The average molecular weight is 284 g/mol. The van der Waals surface area contributed by atoms with Crippen molar-refractivity contribution in [3.8, 4) is 0 Å². The number of hydrogen-bond donors (Lipinski definition) is 0. The highest BCUT2D eigenvalue weighted by Crippen LogP contribution is 2.26. The molecule has 1 unspecified atom stereocenters. The molecular weight excluding hydrogens is 264 g/mol. The number of aromatic nitrogens is 2. The van der Waals surface area contributed by atoms with Gasteiger partial charge in [0.1, 0.15) is 11.3 Å². The van der Waals surface area contributed by atoms with E-state index in [1.165, 1.54) is 25.9 Å². The van der Waals surface area contributed by atoms with Gasteiger partial charge in [-0.15, -0.1) is 0 Å². The zero-order valence-electron chi connectivity index (χ0n) is 12.1. The van der Waals surface area contributed by atoms with E-state index in [4.69, 9.17) is 4.98 Å². The molecule has 110 valence electrons. The summed E-state index contributed by atoms with van der Waals surface area (Å²) in [6, 6.07) is 6.47. The summed E-state index contributed by atoms with van der Waals surface area (Å²) in [5.41, 5.74) is 1.53. The largest absolute Gasteiger partial charge is 0.353 e. The SMILES string of the molecule is O=Cc1c(N2CCCN3CCCC3C2)nc2ccccn12. The number of pyridine rings is 1. The molecule has 0 N–H and O–H groups in total. The van der Waals surface area contributed by atoms with Crippen molar-refractivity contribution in [1.29, 1.82) is 0 Å². The first-order chi connectivity index (χ1) is 10.4. The summed E-state index contributed by atoms with van der Waals surface area (Å²) in [4.78, 5) is 21.2. The summed E-state index contributed by atoms with van der Waals surface area (Å²) in [6.07, 6.45) is 6.55. The molecule has 2 aliphatic heterocycles. The molecule has 2 fully saturated rings. The second kappa shape index (κ2) is 5.15. The van der Waals surface area contributed by atoms with Crippen LogP contribution in [0.3, 0.4) is 0 Å². The Bertz CT molecular complexity index is 665. The minimum atomic E-state index is 0.622. The third kappa shape index (κ3) is 2.12. The minimum absolute atomic E-state index is 0.622. The number of aldehydes is 1. The predicted octanol–water partition coefficient (Wildman–Crippen LogP) is 1.82. The van der Waals surface area contributed by atoms with Crippen LogP contribution in [0.2, 0.25) is 0 Å². The second-order valence-corrected chi connectivity index (χ2v) is 6.00. The van der Waals surface area contributed by atoms with Crippen LogP contribution >= 0.6 is 0 Å². The van der Waals surface area contributed by atoms with Gasteiger partial charge in [-0.25, -0.2) is 4.98 Å². The first kappa shape index (κ1) is 12.8. The molecule has 0 radical (unpaired) electrons. The lowest BCUT2D eigenvalue weighted by molar-refractivity contribution is 0.111. The predicted molar refractivity (Wildman–Crippen MR) is 82.0 cm³/mol. The van der Waals surface area contributed by atoms with Gasteiger partial charge in [0.05, 0.1) is 0 Å². The van der Waals surface area contributed by atoms with Crippen LogP contribution in [0.1, 0.15) is 29.8 Å². The molecule has 0 bridgehead atoms. The van der Waals surface area contributed by atoms with E-state index < -0.39 is 0 Å². The summed E-state index contributed by atoms with van der Waals surface area (Å²) in [6.45, 7) is 4.37. The highest BCUT2D eigenvalue weighted by Gasteiger charge is 2.30. The van der Waals surface area contributed by atoms with E-state index in [1.807, 2.05) is 28.8 Å². The van der Waals surface area contributed by atoms with Gasteiger partial charge in [-0.05, 0) is 37.9 Å². The summed E-state index contributed by atoms with van der Waals surface area (Å²) < 4.78 is 1.89. The van der Waals surface area contributed by atoms with E-state index in [0.29, 0.717) is 11.7 Å². The maximum atomic E-state index is 11.6. The Morgan fingerprint density at radius 1 is 1.19 bits per heavy atom. The van der Waals surface area contributed by atoms with Gasteiger partial charge in [-0.1, -0.05) is 6.07 Å². The van der Waals surface area contributed by atoms with Crippen molar-refractivity contribution >= 4 is 17.8 Å². The Balaban J connectivity index is 1.73. The molecule has 2 aromatic heterocycles. The van der Waals surface area contributed by atoms with Crippen molar-refractivity contribution in [2.45, 2.75) is 25.3 Å². The molecular formula is C16H20N4O. The normalized spacial score (nSPS) is 23.2. The Kier molecular flexibility index (Phi) is 3.15. The first-order valence-corrected chi connectivity index (χ1v) is 7.78. The van der Waals surface area contributed by atoms with Crippen molar-refractivity contribution < 1.29 is 4.79 Å². The van der Waals surface area contributed by atoms with E-state index >= 15 is 0 Å². The Hall–Kier alpha value is -1.88. The number of carbonyl (C=O) groups is 1. The highest BCUT2D eigenvalue weighted by atomic mass is 16.1. The molecule has 0 saturated carbocycles. The smallest absolute Gasteiger partial charge is 0.170 e. The van der Waals surface area contributed by atoms with Crippen LogP contribution in [0.5, 0.6) is 0 Å². The Morgan fingerprint density at radius 2 is 2.10 bits per heavy atom. The summed E-state index contributed by atoms with van der Waals surface area (Å²) in [7, 11) is 0. The van der Waals surface area contributed by atoms with E-state index in [0.717, 1.165) is 37.3 Å². The maximum Gasteiger partial charge on any atom is 0.170 e. The molecule has 0 spiro atoms. The third-order valence-electron chi connectivity index (χ3n) is 4.76. The molecule has 0 amide bonds. The van der Waals surface area contributed by atoms with E-state index in [2.05, 4.69) is 9.80 Å². The molecule has 0 aliphatic carbocycles. The zero-order chi connectivity index (χ0) is 14.2. The standard InChI is InChI=1S/C16H20N4O/c21-12-14-16(17-15-6-1-2-10-20(14)15)19-9-4-8-18-7-3-5-13(18)11-19/h1-2,6,10,12-13H,3-5,7-9,11H2. The fraction of sp³-hybridized carbons (Fsp3) is 0.500. The first-order valence-electron chi connectivity index (χ1n) is 7.78. The third-order valence-corrected chi connectivity index (χ3v) is 4.76. The molecule has 1 atom stereocenters. The van der Waals surface area contributed by atoms with Gasteiger partial charge in [-0.3, -0.25) is 14.1 Å². The van der Waals surface area contributed by atoms with Crippen LogP contribution < -0.4 is 4.90 Å². The number of imidazole rings is 1. The number of hydrogen-bond acceptors (Lipinski definition) is 4. The van der Waals surface area contributed by atoms with Gasteiger partial charge < -0.3 is 4.90 Å². The minimum Gasteiger partial charge on any atom is -0.353 e. The number of rotatable bonds is 2. The number of anilines is 1. The van der Waals surface area contributed by atoms with Crippen molar-refractivity contribution in [3.05, 3.63) is 30.1 Å². The van der Waals surface area contributed by atoms with Gasteiger partial charge in [0.2, 0.25) is 0 Å². The molecule has 4 rings (SSSR count). The Labute approximate surface area is 124 Å². The molecule has 2 aromatic rings. The second-order valence-electron chi connectivity index (χ2n) is 6.00. The lowest BCUT2D eigenvalue weighted by Gasteiger charge is -2.25. The van der Waals surface area contributed by atoms with Crippen LogP contribution in [0.15, 0.2) is 24.4 Å². The van der Waals surface area contributed by atoms with E-state index in [-0.39, 0.29) is 0 Å². The van der Waals surface area contributed by atoms with Crippen molar-refractivity contribution in [3.63, 3.8) is 0 Å². The van der Waals surface area contributed by atoms with Crippen LogP contribution in [-0.2, 0) is 0 Å². The fourth-order valence-electron chi connectivity index (χ4n) is 3.74. The van der Waals surface area contributed by atoms with Gasteiger partial charge in [0, 0.05) is 31.9 Å². The lowest BCUT2D eigenvalue weighted by atomic mass is 10.2. The molecule has 2 saturated heterocycles. The molecule has 5 nitrogen and oxygen atoms in total. The molecule has 2 aliphatic rings. The average Bonchev–Trinajstić information content (AvgIpc) is 3.05. The van der Waals surface area contributed by atoms with Crippen LogP contribution in [0.25, 0.3) is 5.65 Å². The lowest BCUT2D eigenvalue weighted by Crippen LogP contribution is -2.37. The maximum absolute atomic E-state index is 11.6. The monoisotopic (exact) mass is 284 g/mol. The van der Waals surface area contributed by atoms with Crippen molar-refractivity contribution in [2.24, 2.45) is 0 Å². The van der Waals surface area contributed by atoms with Gasteiger partial charge in [0.15, 0.2) is 12.1 Å². The number of nitrogens with zero attached hydrogens (tertiary/aromatic N) is 4. The van der Waals surface area contributed by atoms with Gasteiger partial charge in [0.25, 0.3) is 0 Å². The van der Waals surface area contributed by atoms with Crippen molar-refractivity contribution in [2.75, 3.05) is 31.1 Å². The Morgan fingerprint density at radius 3 is 3.00 bits per heavy atom. The highest BCUT2D eigenvalue weighted by molar-refractivity contribution is 5.83. The van der Waals surface area contributed by atoms with Crippen LogP contribution in [0.4, 0.5) is 5.82 Å². The zero-order valence-corrected chi connectivity index (χ0v) is 12.1. The van der Waals surface area contributed by atoms with Crippen LogP contribution in [-0.4, -0.2) is 52.8 Å². The topological polar surface area (TPSA) is 40.9 Å². The van der Waals surface area contributed by atoms with E-state index in [1.54, 1.807) is 0 Å². The van der Waals surface area contributed by atoms with Crippen LogP contribution in [0, 0.1) is 0 Å². The van der Waals surface area contributed by atoms with E-state index in [9.17, 15) is 4.79 Å². The molecule has 0 aromatic carbocycles. The molecule has 4 heterocycles. The van der Waals surface area contributed by atoms with Gasteiger partial charge >= 0.3 is 0 Å². The number of fused-ring (bicyclic) bond motifs is 2. The van der Waals surface area contributed by atoms with Gasteiger partial charge in [-0.2, -0.15) is 0 Å². The molecule has 5 heteroatoms. The molecule has 21 heavy (non-hydrogen) atoms. The number of carbonyl (C=O) groups excluding carboxylic acids is 1. The fourth-order valence-corrected chi connectivity index (χ4v) is 3.74. The summed E-state index contributed by atoms with van der Waals surface area (Å²) >= 11 is 0. The quantitative estimate of drug-likeness (QED) is 0.789. The van der Waals surface area contributed by atoms with Crippen molar-refractivity contribution in [1.82, 2.24) is 14.3 Å².